The molecule has 0 radical (unpaired) electrons. The lowest BCUT2D eigenvalue weighted by Gasteiger charge is -2.06. The molecule has 0 unspecified atom stereocenters. The number of carboxylic acids is 1. The van der Waals surface area contributed by atoms with Crippen LogP contribution < -0.4 is 4.74 Å². The average molecular weight is 243 g/mol. The van der Waals surface area contributed by atoms with Gasteiger partial charge in [-0.2, -0.15) is 0 Å². The molecule has 1 aromatic heterocycles. The molecule has 18 heavy (non-hydrogen) atoms. The van der Waals surface area contributed by atoms with Crippen molar-refractivity contribution in [3.05, 3.63) is 48.2 Å². The zero-order valence-corrected chi connectivity index (χ0v) is 9.96. The molecule has 0 aliphatic carbocycles. The number of pyridine rings is 1. The highest BCUT2D eigenvalue weighted by atomic mass is 16.5. The monoisotopic (exact) mass is 243 g/mol. The first kappa shape index (κ1) is 12.1. The van der Waals surface area contributed by atoms with Crippen molar-refractivity contribution in [1.29, 1.82) is 0 Å². The molecule has 0 amide bonds. The van der Waals surface area contributed by atoms with E-state index < -0.39 is 5.97 Å². The number of aromatic nitrogens is 1. The number of benzene rings is 1. The van der Waals surface area contributed by atoms with E-state index in [4.69, 9.17) is 9.84 Å². The molecule has 0 saturated carbocycles. The van der Waals surface area contributed by atoms with Gasteiger partial charge in [0, 0.05) is 5.56 Å². The van der Waals surface area contributed by atoms with Crippen LogP contribution in [-0.2, 0) is 0 Å². The Labute approximate surface area is 105 Å². The maximum Gasteiger partial charge on any atom is 0.354 e. The Morgan fingerprint density at radius 3 is 2.78 bits per heavy atom. The first-order valence-electron chi connectivity index (χ1n) is 5.64. The number of hydrogen-bond acceptors (Lipinski definition) is 3. The molecule has 0 bridgehead atoms. The van der Waals surface area contributed by atoms with Gasteiger partial charge in [0.15, 0.2) is 0 Å². The van der Waals surface area contributed by atoms with Gasteiger partial charge in [0.1, 0.15) is 11.4 Å². The van der Waals surface area contributed by atoms with Crippen LogP contribution in [0.3, 0.4) is 0 Å². The van der Waals surface area contributed by atoms with Crippen LogP contribution in [-0.4, -0.2) is 22.7 Å². The summed E-state index contributed by atoms with van der Waals surface area (Å²) in [4.78, 5) is 15.0. The Balaban J connectivity index is 2.38. The van der Waals surface area contributed by atoms with Crippen LogP contribution in [0.4, 0.5) is 0 Å². The normalized spacial score (nSPS) is 10.1. The van der Waals surface area contributed by atoms with Crippen LogP contribution in [0.2, 0.25) is 0 Å². The van der Waals surface area contributed by atoms with Crippen molar-refractivity contribution in [3.63, 3.8) is 0 Å². The lowest BCUT2D eigenvalue weighted by Crippen LogP contribution is -2.00. The van der Waals surface area contributed by atoms with Gasteiger partial charge in [0.2, 0.25) is 0 Å². The van der Waals surface area contributed by atoms with Crippen molar-refractivity contribution in [3.8, 4) is 17.0 Å². The fourth-order valence-electron chi connectivity index (χ4n) is 1.63. The van der Waals surface area contributed by atoms with E-state index in [1.165, 1.54) is 6.07 Å². The summed E-state index contributed by atoms with van der Waals surface area (Å²) < 4.78 is 5.40. The summed E-state index contributed by atoms with van der Waals surface area (Å²) >= 11 is 0. The maximum atomic E-state index is 10.9. The van der Waals surface area contributed by atoms with Gasteiger partial charge in [-0.3, -0.25) is 0 Å². The minimum absolute atomic E-state index is 0.0364. The first-order chi connectivity index (χ1) is 8.70. The summed E-state index contributed by atoms with van der Waals surface area (Å²) in [6.45, 7) is 2.50. The standard InChI is InChI=1S/C14H13NO3/c1-2-18-11-6-3-5-10(9-11)12-7-4-8-13(15-12)14(16)17/h3-9H,2H2,1H3,(H,16,17). The van der Waals surface area contributed by atoms with Crippen molar-refractivity contribution in [2.45, 2.75) is 6.92 Å². The molecule has 1 N–H and O–H groups in total. The Morgan fingerprint density at radius 2 is 2.06 bits per heavy atom. The van der Waals surface area contributed by atoms with E-state index in [9.17, 15) is 4.79 Å². The van der Waals surface area contributed by atoms with Crippen LogP contribution in [0.5, 0.6) is 5.75 Å². The van der Waals surface area contributed by atoms with Gasteiger partial charge in [-0.15, -0.1) is 0 Å². The Kier molecular flexibility index (Phi) is 3.57. The van der Waals surface area contributed by atoms with Crippen molar-refractivity contribution < 1.29 is 14.6 Å². The molecule has 4 nitrogen and oxygen atoms in total. The van der Waals surface area contributed by atoms with Gasteiger partial charge in [-0.25, -0.2) is 9.78 Å². The minimum atomic E-state index is -1.03. The highest BCUT2D eigenvalue weighted by molar-refractivity contribution is 5.86. The number of ether oxygens (including phenoxy) is 1. The largest absolute Gasteiger partial charge is 0.494 e. The first-order valence-corrected chi connectivity index (χ1v) is 5.64. The molecule has 1 heterocycles. The van der Waals surface area contributed by atoms with E-state index >= 15 is 0 Å². The van der Waals surface area contributed by atoms with Crippen LogP contribution in [0.25, 0.3) is 11.3 Å². The van der Waals surface area contributed by atoms with E-state index in [-0.39, 0.29) is 5.69 Å². The highest BCUT2D eigenvalue weighted by Gasteiger charge is 2.07. The van der Waals surface area contributed by atoms with Crippen molar-refractivity contribution in [2.75, 3.05) is 6.61 Å². The third-order valence-electron chi connectivity index (χ3n) is 2.41. The summed E-state index contributed by atoms with van der Waals surface area (Å²) in [7, 11) is 0. The molecular formula is C14H13NO3. The Bertz CT molecular complexity index is 566. The van der Waals surface area contributed by atoms with Gasteiger partial charge >= 0.3 is 5.97 Å². The van der Waals surface area contributed by atoms with Gasteiger partial charge in [0.05, 0.1) is 12.3 Å². The molecule has 0 saturated heterocycles. The van der Waals surface area contributed by atoms with E-state index in [0.717, 1.165) is 11.3 Å². The summed E-state index contributed by atoms with van der Waals surface area (Å²) in [6.07, 6.45) is 0. The smallest absolute Gasteiger partial charge is 0.354 e. The van der Waals surface area contributed by atoms with Crippen LogP contribution in [0, 0.1) is 0 Å². The predicted octanol–water partition coefficient (Wildman–Crippen LogP) is 2.85. The molecule has 0 aliphatic rings. The molecule has 92 valence electrons. The molecule has 4 heteroatoms. The molecule has 0 aliphatic heterocycles. The third-order valence-corrected chi connectivity index (χ3v) is 2.41. The number of nitrogens with zero attached hydrogens (tertiary/aromatic N) is 1. The van der Waals surface area contributed by atoms with Crippen LogP contribution in [0.1, 0.15) is 17.4 Å². The highest BCUT2D eigenvalue weighted by Crippen LogP contribution is 2.22. The van der Waals surface area contributed by atoms with Crippen molar-refractivity contribution in [2.24, 2.45) is 0 Å². The van der Waals surface area contributed by atoms with Crippen LogP contribution >= 0.6 is 0 Å². The minimum Gasteiger partial charge on any atom is -0.494 e. The zero-order valence-electron chi connectivity index (χ0n) is 9.96. The molecule has 2 rings (SSSR count). The second-order valence-electron chi connectivity index (χ2n) is 3.67. The fourth-order valence-corrected chi connectivity index (χ4v) is 1.63. The molecule has 2 aromatic rings. The Hall–Kier alpha value is -2.36. The number of carbonyl (C=O) groups is 1. The quantitative estimate of drug-likeness (QED) is 0.897. The second kappa shape index (κ2) is 5.31. The molecule has 1 aromatic carbocycles. The lowest BCUT2D eigenvalue weighted by molar-refractivity contribution is 0.0690. The van der Waals surface area contributed by atoms with E-state index in [1.807, 2.05) is 31.2 Å². The topological polar surface area (TPSA) is 59.4 Å². The summed E-state index contributed by atoms with van der Waals surface area (Å²) in [5.41, 5.74) is 1.50. The number of carboxylic acid groups (broad SMARTS) is 1. The van der Waals surface area contributed by atoms with E-state index in [1.54, 1.807) is 12.1 Å². The number of rotatable bonds is 4. The number of aromatic carboxylic acids is 1. The predicted molar refractivity (Wildman–Crippen MR) is 67.8 cm³/mol. The molecule has 0 atom stereocenters. The molecule has 0 spiro atoms. The van der Waals surface area contributed by atoms with Gasteiger partial charge in [0.25, 0.3) is 0 Å². The maximum absolute atomic E-state index is 10.9. The molecule has 0 fully saturated rings. The summed E-state index contributed by atoms with van der Waals surface area (Å²) in [5, 5.41) is 8.91. The second-order valence-corrected chi connectivity index (χ2v) is 3.67. The van der Waals surface area contributed by atoms with Gasteiger partial charge in [-0.05, 0) is 31.2 Å². The third kappa shape index (κ3) is 2.66. The van der Waals surface area contributed by atoms with Gasteiger partial charge < -0.3 is 9.84 Å². The Morgan fingerprint density at radius 1 is 1.28 bits per heavy atom. The SMILES string of the molecule is CCOc1cccc(-c2cccc(C(=O)O)n2)c1. The van der Waals surface area contributed by atoms with E-state index in [2.05, 4.69) is 4.98 Å². The number of hydrogen-bond donors (Lipinski definition) is 1. The van der Waals surface area contributed by atoms with Crippen molar-refractivity contribution in [1.82, 2.24) is 4.98 Å². The average Bonchev–Trinajstić information content (AvgIpc) is 2.39. The summed E-state index contributed by atoms with van der Waals surface area (Å²) in [5.74, 6) is -0.282. The summed E-state index contributed by atoms with van der Waals surface area (Å²) in [6, 6.07) is 12.4. The van der Waals surface area contributed by atoms with Crippen molar-refractivity contribution >= 4 is 5.97 Å². The zero-order chi connectivity index (χ0) is 13.0. The van der Waals surface area contributed by atoms with E-state index in [0.29, 0.717) is 12.3 Å². The lowest BCUT2D eigenvalue weighted by atomic mass is 10.1. The van der Waals surface area contributed by atoms with Crippen LogP contribution in [0.15, 0.2) is 42.5 Å². The fraction of sp³-hybridized carbons (Fsp3) is 0.143. The molecular weight excluding hydrogens is 230 g/mol. The van der Waals surface area contributed by atoms with Gasteiger partial charge in [-0.1, -0.05) is 18.2 Å².